The molecule has 1 amide bonds. The monoisotopic (exact) mass is 236 g/mol. The molecule has 88 valence electrons. The summed E-state index contributed by atoms with van der Waals surface area (Å²) in [4.78, 5) is 27.6. The van der Waals surface area contributed by atoms with E-state index < -0.39 is 10.8 Å². The second-order valence-corrected chi connectivity index (χ2v) is 3.21. The van der Waals surface area contributed by atoms with E-state index in [2.05, 4.69) is 25.5 Å². The fourth-order valence-corrected chi connectivity index (χ4v) is 1.19. The molecule has 0 radical (unpaired) electrons. The average molecular weight is 236 g/mol. The van der Waals surface area contributed by atoms with Gasteiger partial charge in [0.15, 0.2) is 5.69 Å². The molecule has 2 aromatic rings. The lowest BCUT2D eigenvalue weighted by atomic mass is 10.4. The molecule has 0 fully saturated rings. The minimum atomic E-state index is -0.617. The summed E-state index contributed by atoms with van der Waals surface area (Å²) in [6, 6.07) is 2.52. The normalized spacial score (nSPS) is 10.2. The van der Waals surface area contributed by atoms with Crippen LogP contribution in [0.25, 0.3) is 0 Å². The highest BCUT2D eigenvalue weighted by Crippen LogP contribution is 2.11. The van der Waals surface area contributed by atoms with Gasteiger partial charge in [0.25, 0.3) is 5.91 Å². The van der Waals surface area contributed by atoms with Crippen LogP contribution in [-0.2, 0) is 0 Å². The number of carbonyl (C=O) groups excluding carboxylic acids is 1. The van der Waals surface area contributed by atoms with Crippen molar-refractivity contribution in [3.8, 4) is 0 Å². The predicted molar refractivity (Wildman–Crippen MR) is 56.5 cm³/mol. The van der Waals surface area contributed by atoms with Gasteiger partial charge in [0.1, 0.15) is 5.82 Å². The van der Waals surface area contributed by atoms with Crippen LogP contribution >= 0.6 is 0 Å². The fourth-order valence-electron chi connectivity index (χ4n) is 1.19. The molecular weight excluding hydrogens is 228 g/mol. The number of hydrogen-bond acceptors (Lipinski definition) is 5. The van der Waals surface area contributed by atoms with E-state index in [4.69, 9.17) is 0 Å². The second-order valence-electron chi connectivity index (χ2n) is 3.21. The van der Waals surface area contributed by atoms with Gasteiger partial charge in [-0.15, -0.1) is 5.10 Å². The summed E-state index contributed by atoms with van der Waals surface area (Å²) >= 11 is 0. The molecule has 0 saturated heterocycles. The zero-order valence-electron chi connectivity index (χ0n) is 8.72. The number of nitrogens with one attached hydrogen (secondary N) is 3. The summed E-state index contributed by atoms with van der Waals surface area (Å²) in [7, 11) is 0. The highest BCUT2D eigenvalue weighted by atomic mass is 16.6. The Kier molecular flexibility index (Phi) is 2.57. The van der Waals surface area contributed by atoms with Crippen molar-refractivity contribution in [2.45, 2.75) is 6.92 Å². The first kappa shape index (κ1) is 10.8. The van der Waals surface area contributed by atoms with E-state index in [1.807, 2.05) is 0 Å². The molecule has 0 unspecified atom stereocenters. The third-order valence-corrected chi connectivity index (χ3v) is 1.93. The van der Waals surface area contributed by atoms with Crippen molar-refractivity contribution in [3.63, 3.8) is 0 Å². The zero-order chi connectivity index (χ0) is 12.4. The van der Waals surface area contributed by atoms with Gasteiger partial charge in [-0.25, -0.2) is 4.98 Å². The molecule has 0 aromatic carbocycles. The first-order valence-electron chi connectivity index (χ1n) is 4.60. The Labute approximate surface area is 94.4 Å². The molecule has 0 atom stereocenters. The number of aryl methyl sites for hydroxylation is 1. The molecule has 9 nitrogen and oxygen atoms in total. The Hall–Kier alpha value is -2.71. The molecule has 3 N–H and O–H groups in total. The molecule has 17 heavy (non-hydrogen) atoms. The fraction of sp³-hybridized carbons (Fsp3) is 0.125. The summed E-state index contributed by atoms with van der Waals surface area (Å²) in [6.45, 7) is 1.68. The van der Waals surface area contributed by atoms with Crippen LogP contribution in [0.2, 0.25) is 0 Å². The Bertz CT molecular complexity index is 571. The van der Waals surface area contributed by atoms with E-state index in [-0.39, 0.29) is 17.5 Å². The van der Waals surface area contributed by atoms with Crippen molar-refractivity contribution in [2.75, 3.05) is 5.32 Å². The van der Waals surface area contributed by atoms with Crippen molar-refractivity contribution < 1.29 is 9.72 Å². The average Bonchev–Trinajstić information content (AvgIpc) is 2.86. The summed E-state index contributed by atoms with van der Waals surface area (Å²) < 4.78 is 0. The molecule has 2 rings (SSSR count). The molecule has 2 heterocycles. The molecule has 0 bridgehead atoms. The third kappa shape index (κ3) is 2.27. The number of aromatic amines is 2. The number of anilines is 1. The number of carbonyl (C=O) groups is 1. The van der Waals surface area contributed by atoms with E-state index in [0.717, 1.165) is 0 Å². The molecule has 0 aliphatic heterocycles. The van der Waals surface area contributed by atoms with Crippen molar-refractivity contribution in [1.82, 2.24) is 20.2 Å². The number of H-pyrrole nitrogens is 2. The van der Waals surface area contributed by atoms with Crippen LogP contribution in [0.15, 0.2) is 12.1 Å². The van der Waals surface area contributed by atoms with Gasteiger partial charge >= 0.3 is 5.82 Å². The van der Waals surface area contributed by atoms with E-state index in [0.29, 0.717) is 5.82 Å². The van der Waals surface area contributed by atoms with E-state index >= 15 is 0 Å². The molecular formula is C8H8N6O3. The number of nitrogens with zero attached hydrogens (tertiary/aromatic N) is 3. The van der Waals surface area contributed by atoms with Crippen molar-refractivity contribution in [3.05, 3.63) is 33.8 Å². The highest BCUT2D eigenvalue weighted by Gasteiger charge is 2.16. The topological polar surface area (TPSA) is 130 Å². The van der Waals surface area contributed by atoms with Crippen LogP contribution in [0.5, 0.6) is 0 Å². The Morgan fingerprint density at radius 1 is 1.53 bits per heavy atom. The third-order valence-electron chi connectivity index (χ3n) is 1.93. The van der Waals surface area contributed by atoms with Gasteiger partial charge in [-0.1, -0.05) is 0 Å². The van der Waals surface area contributed by atoms with Gasteiger partial charge in [0.2, 0.25) is 5.95 Å². The number of nitro groups is 1. The van der Waals surface area contributed by atoms with Crippen LogP contribution < -0.4 is 5.32 Å². The second kappa shape index (κ2) is 4.04. The van der Waals surface area contributed by atoms with Gasteiger partial charge in [0.05, 0.1) is 0 Å². The first-order valence-corrected chi connectivity index (χ1v) is 4.60. The Morgan fingerprint density at radius 3 is 2.82 bits per heavy atom. The zero-order valence-corrected chi connectivity index (χ0v) is 8.72. The maximum Gasteiger partial charge on any atom is 0.321 e. The first-order chi connectivity index (χ1) is 8.06. The smallest absolute Gasteiger partial charge is 0.321 e. The van der Waals surface area contributed by atoms with Gasteiger partial charge in [-0.3, -0.25) is 15.2 Å². The maximum absolute atomic E-state index is 11.6. The largest absolute Gasteiger partial charge is 0.358 e. The van der Waals surface area contributed by atoms with Gasteiger partial charge in [-0.05, 0) is 17.9 Å². The minimum absolute atomic E-state index is 0.0687. The lowest BCUT2D eigenvalue weighted by Gasteiger charge is -1.94. The lowest BCUT2D eigenvalue weighted by Crippen LogP contribution is -2.13. The van der Waals surface area contributed by atoms with E-state index in [1.165, 1.54) is 12.1 Å². The van der Waals surface area contributed by atoms with Crippen LogP contribution in [0.4, 0.5) is 11.8 Å². The van der Waals surface area contributed by atoms with E-state index in [1.54, 1.807) is 6.92 Å². The summed E-state index contributed by atoms with van der Waals surface area (Å²) in [5.41, 5.74) is 0.0687. The lowest BCUT2D eigenvalue weighted by molar-refractivity contribution is -0.389. The molecule has 2 aromatic heterocycles. The van der Waals surface area contributed by atoms with Crippen LogP contribution in [0.3, 0.4) is 0 Å². The van der Waals surface area contributed by atoms with Gasteiger partial charge in [0, 0.05) is 6.07 Å². The molecule has 0 spiro atoms. The summed E-state index contributed by atoms with van der Waals surface area (Å²) in [6.07, 6.45) is 0. The van der Waals surface area contributed by atoms with E-state index in [9.17, 15) is 14.9 Å². The number of amides is 1. The predicted octanol–water partition coefficient (Wildman–Crippen LogP) is 0.602. The SMILES string of the molecule is Cc1nc(NC(=O)c2ccc([N+](=O)[O-])[nH]2)n[nH]1. The quantitative estimate of drug-likeness (QED) is 0.530. The van der Waals surface area contributed by atoms with Crippen molar-refractivity contribution >= 4 is 17.7 Å². The van der Waals surface area contributed by atoms with Crippen molar-refractivity contribution in [1.29, 1.82) is 0 Å². The minimum Gasteiger partial charge on any atom is -0.358 e. The summed E-state index contributed by atoms with van der Waals surface area (Å²) in [5.74, 6) is -0.124. The Balaban J connectivity index is 2.11. The standard InChI is InChI=1S/C8H8N6O3/c1-4-9-8(13-12-4)11-7(15)5-2-3-6(10-5)14(16)17/h2-3,10H,1H3,(H2,9,11,12,13,15). The maximum atomic E-state index is 11.6. The van der Waals surface area contributed by atoms with Crippen LogP contribution in [0, 0.1) is 17.0 Å². The molecule has 0 saturated carbocycles. The number of rotatable bonds is 3. The summed E-state index contributed by atoms with van der Waals surface area (Å²) in [5, 5.41) is 19.1. The number of aromatic nitrogens is 4. The van der Waals surface area contributed by atoms with Crippen LogP contribution in [0.1, 0.15) is 16.3 Å². The molecule has 0 aliphatic carbocycles. The van der Waals surface area contributed by atoms with Gasteiger partial charge in [-0.2, -0.15) is 4.98 Å². The number of hydrogen-bond donors (Lipinski definition) is 3. The van der Waals surface area contributed by atoms with Gasteiger partial charge < -0.3 is 10.1 Å². The van der Waals surface area contributed by atoms with Crippen molar-refractivity contribution in [2.24, 2.45) is 0 Å². The Morgan fingerprint density at radius 2 is 2.29 bits per heavy atom. The van der Waals surface area contributed by atoms with Crippen LogP contribution in [-0.4, -0.2) is 31.0 Å². The molecule has 9 heteroatoms. The molecule has 0 aliphatic rings. The highest BCUT2D eigenvalue weighted by molar-refractivity contribution is 6.02.